The van der Waals surface area contributed by atoms with E-state index in [4.69, 9.17) is 5.84 Å². The zero-order valence-electron chi connectivity index (χ0n) is 8.89. The Balaban J connectivity index is 2.40. The molecule has 0 bridgehead atoms. The molecule has 4 nitrogen and oxygen atoms in total. The number of aryl methyl sites for hydroxylation is 1. The lowest BCUT2D eigenvalue weighted by molar-refractivity contribution is 0.566. The van der Waals surface area contributed by atoms with Gasteiger partial charge in [0.1, 0.15) is 5.82 Å². The SMILES string of the molecule is Cn1nccc1C(NN)c1cccc(F)c1. The average molecular weight is 220 g/mol. The molecule has 2 aromatic rings. The maximum absolute atomic E-state index is 13.1. The molecule has 2 rings (SSSR count). The van der Waals surface area contributed by atoms with Crippen molar-refractivity contribution in [1.29, 1.82) is 0 Å². The van der Waals surface area contributed by atoms with E-state index in [1.807, 2.05) is 19.2 Å². The molecule has 1 unspecified atom stereocenters. The summed E-state index contributed by atoms with van der Waals surface area (Å²) in [7, 11) is 1.82. The van der Waals surface area contributed by atoms with Crippen molar-refractivity contribution in [2.45, 2.75) is 6.04 Å². The summed E-state index contributed by atoms with van der Waals surface area (Å²) in [6, 6.07) is 7.92. The predicted molar refractivity (Wildman–Crippen MR) is 58.8 cm³/mol. The van der Waals surface area contributed by atoms with Gasteiger partial charge in [-0.1, -0.05) is 12.1 Å². The number of halogens is 1. The van der Waals surface area contributed by atoms with Crippen molar-refractivity contribution in [3.63, 3.8) is 0 Å². The Morgan fingerprint density at radius 2 is 2.25 bits per heavy atom. The smallest absolute Gasteiger partial charge is 0.123 e. The lowest BCUT2D eigenvalue weighted by Gasteiger charge is -2.16. The molecule has 5 heteroatoms. The molecule has 3 N–H and O–H groups in total. The first kappa shape index (κ1) is 10.8. The molecule has 1 atom stereocenters. The second-order valence-electron chi connectivity index (χ2n) is 3.53. The van der Waals surface area contributed by atoms with E-state index >= 15 is 0 Å². The molecule has 16 heavy (non-hydrogen) atoms. The van der Waals surface area contributed by atoms with E-state index in [2.05, 4.69) is 10.5 Å². The van der Waals surface area contributed by atoms with Crippen LogP contribution >= 0.6 is 0 Å². The Morgan fingerprint density at radius 1 is 1.44 bits per heavy atom. The van der Waals surface area contributed by atoms with Crippen LogP contribution < -0.4 is 11.3 Å². The molecule has 0 aliphatic heterocycles. The monoisotopic (exact) mass is 220 g/mol. The Bertz CT molecular complexity index is 480. The number of nitrogens with one attached hydrogen (secondary N) is 1. The fraction of sp³-hybridized carbons (Fsp3) is 0.182. The molecule has 1 aromatic carbocycles. The largest absolute Gasteiger partial charge is 0.271 e. The van der Waals surface area contributed by atoms with Gasteiger partial charge in [0.15, 0.2) is 0 Å². The highest BCUT2D eigenvalue weighted by Gasteiger charge is 2.15. The predicted octanol–water partition coefficient (Wildman–Crippen LogP) is 1.11. The van der Waals surface area contributed by atoms with Crippen molar-refractivity contribution in [2.24, 2.45) is 12.9 Å². The van der Waals surface area contributed by atoms with Crippen molar-refractivity contribution < 1.29 is 4.39 Å². The number of rotatable bonds is 3. The summed E-state index contributed by atoms with van der Waals surface area (Å²) in [4.78, 5) is 0. The third-order valence-corrected chi connectivity index (χ3v) is 2.50. The minimum atomic E-state index is -0.278. The molecule has 0 spiro atoms. The highest BCUT2D eigenvalue weighted by atomic mass is 19.1. The van der Waals surface area contributed by atoms with Crippen LogP contribution in [0.15, 0.2) is 36.5 Å². The minimum Gasteiger partial charge on any atom is -0.271 e. The first-order chi connectivity index (χ1) is 7.72. The summed E-state index contributed by atoms with van der Waals surface area (Å²) < 4.78 is 14.8. The van der Waals surface area contributed by atoms with E-state index in [0.29, 0.717) is 0 Å². The number of hydrazine groups is 1. The molecular formula is C11H13FN4. The fourth-order valence-electron chi connectivity index (χ4n) is 1.71. The Labute approximate surface area is 92.9 Å². The lowest BCUT2D eigenvalue weighted by Crippen LogP contribution is -2.30. The molecule has 0 radical (unpaired) electrons. The van der Waals surface area contributed by atoms with Crippen molar-refractivity contribution in [2.75, 3.05) is 0 Å². The third kappa shape index (κ3) is 1.95. The van der Waals surface area contributed by atoms with Gasteiger partial charge in [-0.2, -0.15) is 5.10 Å². The standard InChI is InChI=1S/C11H13FN4/c1-16-10(5-6-14-16)11(15-13)8-3-2-4-9(12)7-8/h2-7,11,15H,13H2,1H3. The number of hydrogen-bond acceptors (Lipinski definition) is 3. The summed E-state index contributed by atoms with van der Waals surface area (Å²) in [5.41, 5.74) is 4.31. The number of benzene rings is 1. The fourth-order valence-corrected chi connectivity index (χ4v) is 1.71. The van der Waals surface area contributed by atoms with E-state index in [1.165, 1.54) is 12.1 Å². The van der Waals surface area contributed by atoms with Crippen LogP contribution in [0, 0.1) is 5.82 Å². The van der Waals surface area contributed by atoms with Crippen LogP contribution in [0.3, 0.4) is 0 Å². The number of hydrogen-bond donors (Lipinski definition) is 2. The molecule has 1 heterocycles. The zero-order chi connectivity index (χ0) is 11.5. The first-order valence-electron chi connectivity index (χ1n) is 4.92. The van der Waals surface area contributed by atoms with Crippen molar-refractivity contribution in [1.82, 2.24) is 15.2 Å². The summed E-state index contributed by atoms with van der Waals surface area (Å²) in [5.74, 6) is 5.22. The molecule has 1 aromatic heterocycles. The maximum Gasteiger partial charge on any atom is 0.123 e. The van der Waals surface area contributed by atoms with Crippen LogP contribution in [0.4, 0.5) is 4.39 Å². The molecule has 0 amide bonds. The average Bonchev–Trinajstić information content (AvgIpc) is 2.67. The van der Waals surface area contributed by atoms with Gasteiger partial charge in [-0.05, 0) is 23.8 Å². The highest BCUT2D eigenvalue weighted by molar-refractivity contribution is 5.27. The van der Waals surface area contributed by atoms with Gasteiger partial charge in [-0.3, -0.25) is 10.5 Å². The topological polar surface area (TPSA) is 55.9 Å². The first-order valence-corrected chi connectivity index (χ1v) is 4.92. The van der Waals surface area contributed by atoms with Gasteiger partial charge >= 0.3 is 0 Å². The van der Waals surface area contributed by atoms with E-state index < -0.39 is 0 Å². The van der Waals surface area contributed by atoms with E-state index in [1.54, 1.807) is 16.9 Å². The molecule has 84 valence electrons. The van der Waals surface area contributed by atoms with Crippen LogP contribution in [-0.4, -0.2) is 9.78 Å². The van der Waals surface area contributed by atoms with Crippen LogP contribution in [0.1, 0.15) is 17.3 Å². The number of nitrogens with zero attached hydrogens (tertiary/aromatic N) is 2. The zero-order valence-corrected chi connectivity index (χ0v) is 8.89. The third-order valence-electron chi connectivity index (χ3n) is 2.50. The number of aromatic nitrogens is 2. The van der Waals surface area contributed by atoms with E-state index in [-0.39, 0.29) is 11.9 Å². The lowest BCUT2D eigenvalue weighted by atomic mass is 10.0. The quantitative estimate of drug-likeness (QED) is 0.602. The Morgan fingerprint density at radius 3 is 2.81 bits per heavy atom. The highest BCUT2D eigenvalue weighted by Crippen LogP contribution is 2.20. The van der Waals surface area contributed by atoms with Crippen LogP contribution in [0.2, 0.25) is 0 Å². The molecule has 0 aliphatic rings. The summed E-state index contributed by atoms with van der Waals surface area (Å²) in [6.07, 6.45) is 1.68. The second-order valence-corrected chi connectivity index (χ2v) is 3.53. The Kier molecular flexibility index (Phi) is 2.98. The van der Waals surface area contributed by atoms with Gasteiger partial charge in [0.05, 0.1) is 11.7 Å². The van der Waals surface area contributed by atoms with Crippen LogP contribution in [-0.2, 0) is 7.05 Å². The molecule has 0 saturated carbocycles. The van der Waals surface area contributed by atoms with Gasteiger partial charge in [0.25, 0.3) is 0 Å². The van der Waals surface area contributed by atoms with Gasteiger partial charge in [-0.25, -0.2) is 9.82 Å². The van der Waals surface area contributed by atoms with Gasteiger partial charge < -0.3 is 0 Å². The van der Waals surface area contributed by atoms with Gasteiger partial charge in [0, 0.05) is 13.2 Å². The second kappa shape index (κ2) is 4.42. The van der Waals surface area contributed by atoms with Gasteiger partial charge in [-0.15, -0.1) is 0 Å². The summed E-state index contributed by atoms with van der Waals surface area (Å²) in [6.45, 7) is 0. The van der Waals surface area contributed by atoms with Crippen molar-refractivity contribution >= 4 is 0 Å². The Hall–Kier alpha value is -1.72. The molecule has 0 aliphatic carbocycles. The molecule has 0 fully saturated rings. The normalized spacial score (nSPS) is 12.7. The van der Waals surface area contributed by atoms with Crippen LogP contribution in [0.25, 0.3) is 0 Å². The van der Waals surface area contributed by atoms with E-state index in [9.17, 15) is 4.39 Å². The molecule has 0 saturated heterocycles. The van der Waals surface area contributed by atoms with Gasteiger partial charge in [0.2, 0.25) is 0 Å². The van der Waals surface area contributed by atoms with Crippen molar-refractivity contribution in [3.8, 4) is 0 Å². The van der Waals surface area contributed by atoms with E-state index in [0.717, 1.165) is 11.3 Å². The minimum absolute atomic E-state index is 0.261. The molecular weight excluding hydrogens is 207 g/mol. The summed E-state index contributed by atoms with van der Waals surface area (Å²) >= 11 is 0. The summed E-state index contributed by atoms with van der Waals surface area (Å²) in [5, 5.41) is 4.06. The van der Waals surface area contributed by atoms with Crippen LogP contribution in [0.5, 0.6) is 0 Å². The number of nitrogens with two attached hydrogens (primary N) is 1. The maximum atomic E-state index is 13.1. The van der Waals surface area contributed by atoms with Crippen molar-refractivity contribution in [3.05, 3.63) is 53.6 Å².